The van der Waals surface area contributed by atoms with E-state index in [-0.39, 0.29) is 18.0 Å². The molecule has 0 saturated carbocycles. The molecule has 1 N–H and O–H groups in total. The number of ether oxygens (including phenoxy) is 1. The van der Waals surface area contributed by atoms with Crippen molar-refractivity contribution in [1.29, 1.82) is 0 Å². The molecule has 1 aromatic heterocycles. The van der Waals surface area contributed by atoms with Crippen molar-refractivity contribution in [3.8, 4) is 0 Å². The minimum Gasteiger partial charge on any atom is -0.450 e. The maximum absolute atomic E-state index is 12.0. The fourth-order valence-electron chi connectivity index (χ4n) is 2.49. The van der Waals surface area contributed by atoms with Crippen LogP contribution >= 0.6 is 11.3 Å². The lowest BCUT2D eigenvalue weighted by molar-refractivity contribution is -0.122. The van der Waals surface area contributed by atoms with Gasteiger partial charge < -0.3 is 15.0 Å². The molecule has 1 saturated heterocycles. The molecule has 7 heteroatoms. The van der Waals surface area contributed by atoms with Crippen LogP contribution in [-0.2, 0) is 16.0 Å². The summed E-state index contributed by atoms with van der Waals surface area (Å²) in [6.45, 7) is 5.43. The molecule has 1 aromatic rings. The molecule has 0 radical (unpaired) electrons. The highest BCUT2D eigenvalue weighted by Crippen LogP contribution is 2.13. The lowest BCUT2D eigenvalue weighted by atomic mass is 10.1. The lowest BCUT2D eigenvalue weighted by Crippen LogP contribution is -2.46. The zero-order chi connectivity index (χ0) is 15.9. The van der Waals surface area contributed by atoms with E-state index in [2.05, 4.69) is 10.3 Å². The Bertz CT molecular complexity index is 510. The van der Waals surface area contributed by atoms with Crippen LogP contribution in [0.25, 0.3) is 0 Å². The van der Waals surface area contributed by atoms with Crippen LogP contribution in [0.3, 0.4) is 0 Å². The van der Waals surface area contributed by atoms with Gasteiger partial charge in [0.15, 0.2) is 0 Å². The Morgan fingerprint density at radius 1 is 1.45 bits per heavy atom. The molecule has 0 bridgehead atoms. The molecule has 1 fully saturated rings. The summed E-state index contributed by atoms with van der Waals surface area (Å²) in [5.74, 6) is 0.0558. The van der Waals surface area contributed by atoms with Crippen LogP contribution in [0.5, 0.6) is 0 Å². The summed E-state index contributed by atoms with van der Waals surface area (Å²) in [6.07, 6.45) is 2.44. The molecule has 0 atom stereocenters. The summed E-state index contributed by atoms with van der Waals surface area (Å²) in [7, 11) is 0. The van der Waals surface area contributed by atoms with E-state index in [4.69, 9.17) is 4.74 Å². The van der Waals surface area contributed by atoms with Crippen LogP contribution in [0.15, 0.2) is 5.38 Å². The Labute approximate surface area is 134 Å². The zero-order valence-electron chi connectivity index (χ0n) is 13.1. The molecule has 0 unspecified atom stereocenters. The molecule has 22 heavy (non-hydrogen) atoms. The van der Waals surface area contributed by atoms with E-state index in [1.807, 2.05) is 12.3 Å². The van der Waals surface area contributed by atoms with Crippen molar-refractivity contribution in [3.05, 3.63) is 16.1 Å². The average molecular weight is 325 g/mol. The number of rotatable bonds is 5. The molecular formula is C15H23N3O3S. The highest BCUT2D eigenvalue weighted by molar-refractivity contribution is 7.09. The molecule has 0 spiro atoms. The van der Waals surface area contributed by atoms with Crippen LogP contribution < -0.4 is 5.32 Å². The van der Waals surface area contributed by atoms with Crippen molar-refractivity contribution in [2.75, 3.05) is 19.7 Å². The Hall–Kier alpha value is -1.63. The number of aryl methyl sites for hydroxylation is 2. The number of hydrogen-bond donors (Lipinski definition) is 1. The van der Waals surface area contributed by atoms with Gasteiger partial charge in [-0.25, -0.2) is 9.78 Å². The van der Waals surface area contributed by atoms with E-state index in [1.165, 1.54) is 0 Å². The standard InChI is InChI=1S/C15H23N3O3S/c1-3-21-15(20)18-8-6-12(7-9-18)17-14(19)5-4-13-10-22-11(2)16-13/h10,12H,3-9H2,1-2H3,(H,17,19). The van der Waals surface area contributed by atoms with Gasteiger partial charge in [-0.05, 0) is 33.1 Å². The summed E-state index contributed by atoms with van der Waals surface area (Å²) >= 11 is 1.61. The van der Waals surface area contributed by atoms with E-state index in [0.29, 0.717) is 32.5 Å². The predicted octanol–water partition coefficient (Wildman–Crippen LogP) is 2.12. The normalized spacial score (nSPS) is 15.6. The van der Waals surface area contributed by atoms with Crippen LogP contribution in [0.1, 0.15) is 36.9 Å². The Balaban J connectivity index is 1.67. The molecule has 1 aliphatic rings. The second-order valence-corrected chi connectivity index (χ2v) is 6.45. The molecule has 122 valence electrons. The van der Waals surface area contributed by atoms with Crippen LogP contribution in [0.4, 0.5) is 4.79 Å². The minimum absolute atomic E-state index is 0.0558. The number of aromatic nitrogens is 1. The summed E-state index contributed by atoms with van der Waals surface area (Å²) < 4.78 is 4.98. The van der Waals surface area contributed by atoms with Gasteiger partial charge >= 0.3 is 6.09 Å². The van der Waals surface area contributed by atoms with Gasteiger partial charge in [-0.15, -0.1) is 11.3 Å². The first-order valence-electron chi connectivity index (χ1n) is 7.70. The third kappa shape index (κ3) is 4.98. The molecule has 0 aliphatic carbocycles. The van der Waals surface area contributed by atoms with Gasteiger partial charge in [0.05, 0.1) is 17.3 Å². The average Bonchev–Trinajstić information content (AvgIpc) is 2.92. The summed E-state index contributed by atoms with van der Waals surface area (Å²) in [6, 6.07) is 0.148. The van der Waals surface area contributed by atoms with Gasteiger partial charge in [0, 0.05) is 30.9 Å². The number of nitrogens with zero attached hydrogens (tertiary/aromatic N) is 2. The number of carbonyl (C=O) groups excluding carboxylic acids is 2. The van der Waals surface area contributed by atoms with Gasteiger partial charge in [0.1, 0.15) is 0 Å². The molecular weight excluding hydrogens is 302 g/mol. The molecule has 2 heterocycles. The van der Waals surface area contributed by atoms with Crippen LogP contribution in [0, 0.1) is 6.92 Å². The third-order valence-corrected chi connectivity index (χ3v) is 4.48. The number of likely N-dealkylation sites (tertiary alicyclic amines) is 1. The fourth-order valence-corrected chi connectivity index (χ4v) is 3.13. The van der Waals surface area contributed by atoms with Crippen molar-refractivity contribution >= 4 is 23.3 Å². The molecule has 2 amide bonds. The van der Waals surface area contributed by atoms with Crippen molar-refractivity contribution < 1.29 is 14.3 Å². The lowest BCUT2D eigenvalue weighted by Gasteiger charge is -2.31. The smallest absolute Gasteiger partial charge is 0.409 e. The molecule has 2 rings (SSSR count). The topological polar surface area (TPSA) is 71.5 Å². The van der Waals surface area contributed by atoms with Crippen LogP contribution in [-0.4, -0.2) is 47.6 Å². The third-order valence-electron chi connectivity index (χ3n) is 3.66. The SMILES string of the molecule is CCOC(=O)N1CCC(NC(=O)CCc2csc(C)n2)CC1. The highest BCUT2D eigenvalue weighted by Gasteiger charge is 2.24. The van der Waals surface area contributed by atoms with E-state index in [9.17, 15) is 9.59 Å². The van der Waals surface area contributed by atoms with Crippen molar-refractivity contribution in [2.24, 2.45) is 0 Å². The predicted molar refractivity (Wildman–Crippen MR) is 84.9 cm³/mol. The van der Waals surface area contributed by atoms with Gasteiger partial charge in [-0.1, -0.05) is 0 Å². The fraction of sp³-hybridized carbons (Fsp3) is 0.667. The second kappa shape index (κ2) is 8.12. The monoisotopic (exact) mass is 325 g/mol. The maximum atomic E-state index is 12.0. The van der Waals surface area contributed by atoms with E-state index in [1.54, 1.807) is 23.2 Å². The number of carbonyl (C=O) groups is 2. The number of amides is 2. The highest BCUT2D eigenvalue weighted by atomic mass is 32.1. The summed E-state index contributed by atoms with van der Waals surface area (Å²) in [4.78, 5) is 29.6. The van der Waals surface area contributed by atoms with E-state index < -0.39 is 0 Å². The van der Waals surface area contributed by atoms with Crippen molar-refractivity contribution in [1.82, 2.24) is 15.2 Å². The largest absolute Gasteiger partial charge is 0.450 e. The summed E-state index contributed by atoms with van der Waals surface area (Å²) in [5.41, 5.74) is 0.981. The molecule has 1 aliphatic heterocycles. The number of piperidine rings is 1. The second-order valence-electron chi connectivity index (χ2n) is 5.39. The first-order valence-corrected chi connectivity index (χ1v) is 8.58. The summed E-state index contributed by atoms with van der Waals surface area (Å²) in [5, 5.41) is 6.08. The quantitative estimate of drug-likeness (QED) is 0.900. The molecule has 0 aromatic carbocycles. The Morgan fingerprint density at radius 2 is 2.18 bits per heavy atom. The first-order chi connectivity index (χ1) is 10.6. The Morgan fingerprint density at radius 3 is 2.77 bits per heavy atom. The van der Waals surface area contributed by atoms with Gasteiger partial charge in [0.2, 0.25) is 5.91 Å². The number of thiazole rings is 1. The van der Waals surface area contributed by atoms with E-state index in [0.717, 1.165) is 23.5 Å². The first kappa shape index (κ1) is 16.7. The van der Waals surface area contributed by atoms with Gasteiger partial charge in [-0.2, -0.15) is 0 Å². The van der Waals surface area contributed by atoms with Gasteiger partial charge in [-0.3, -0.25) is 4.79 Å². The van der Waals surface area contributed by atoms with Crippen molar-refractivity contribution in [3.63, 3.8) is 0 Å². The molecule has 6 nitrogen and oxygen atoms in total. The number of hydrogen-bond acceptors (Lipinski definition) is 5. The number of nitrogens with one attached hydrogen (secondary N) is 1. The minimum atomic E-state index is -0.258. The van der Waals surface area contributed by atoms with E-state index >= 15 is 0 Å². The zero-order valence-corrected chi connectivity index (χ0v) is 13.9. The van der Waals surface area contributed by atoms with Crippen LogP contribution in [0.2, 0.25) is 0 Å². The van der Waals surface area contributed by atoms with Crippen molar-refractivity contribution in [2.45, 2.75) is 45.6 Å². The van der Waals surface area contributed by atoms with Gasteiger partial charge in [0.25, 0.3) is 0 Å². The maximum Gasteiger partial charge on any atom is 0.409 e. The Kier molecular flexibility index (Phi) is 6.18.